The highest BCUT2D eigenvalue weighted by Crippen LogP contribution is 2.19. The average Bonchev–Trinajstić information content (AvgIpc) is 2.97. The first-order valence-electron chi connectivity index (χ1n) is 6.70. The number of hydrogen-bond donors (Lipinski definition) is 1. The molecule has 4 nitrogen and oxygen atoms in total. The summed E-state index contributed by atoms with van der Waals surface area (Å²) in [5.74, 6) is 4.48. The monoisotopic (exact) mass is 264 g/mol. The van der Waals surface area contributed by atoms with Gasteiger partial charge in [0, 0.05) is 37.1 Å². The van der Waals surface area contributed by atoms with E-state index in [1.54, 1.807) is 6.20 Å². The van der Waals surface area contributed by atoms with Gasteiger partial charge in [-0.2, -0.15) is 0 Å². The normalized spacial score (nSPS) is 17.8. The van der Waals surface area contributed by atoms with E-state index in [1.807, 2.05) is 36.5 Å². The maximum absolute atomic E-state index is 5.32. The molecule has 100 valence electrons. The molecule has 0 spiro atoms. The molecule has 1 unspecified atom stereocenters. The summed E-state index contributed by atoms with van der Waals surface area (Å²) in [6.45, 7) is 1.95. The van der Waals surface area contributed by atoms with Crippen LogP contribution >= 0.6 is 0 Å². The lowest BCUT2D eigenvalue weighted by molar-refractivity contribution is 0.800. The zero-order chi connectivity index (χ0) is 13.8. The molecule has 0 saturated carbocycles. The second kappa shape index (κ2) is 5.62. The molecule has 2 aromatic rings. The predicted octanol–water partition coefficient (Wildman–Crippen LogP) is 2.15. The van der Waals surface area contributed by atoms with Crippen molar-refractivity contribution in [2.24, 2.45) is 0 Å². The maximum Gasteiger partial charge on any atom is 0.128 e. The third-order valence-electron chi connectivity index (χ3n) is 3.44. The number of nitrogens with one attached hydrogen (secondary N) is 1. The summed E-state index contributed by atoms with van der Waals surface area (Å²) in [5.41, 5.74) is 0.803. The highest BCUT2D eigenvalue weighted by molar-refractivity contribution is 5.44. The zero-order valence-corrected chi connectivity index (χ0v) is 11.2. The third-order valence-corrected chi connectivity index (χ3v) is 3.44. The van der Waals surface area contributed by atoms with Crippen LogP contribution < -0.4 is 10.2 Å². The Hall–Kier alpha value is -2.54. The number of rotatable bonds is 3. The van der Waals surface area contributed by atoms with Crippen LogP contribution in [0.25, 0.3) is 0 Å². The van der Waals surface area contributed by atoms with Gasteiger partial charge >= 0.3 is 0 Å². The standard InChI is InChI=1S/C16H16N4/c1-2-13-6-7-15(18-11-13)19-14-8-10-20(12-14)16-5-3-4-9-17-16/h1,3-7,9,11,14H,8,10,12H2,(H,18,19). The lowest BCUT2D eigenvalue weighted by atomic mass is 10.2. The van der Waals surface area contributed by atoms with Gasteiger partial charge in [-0.15, -0.1) is 6.42 Å². The van der Waals surface area contributed by atoms with E-state index in [2.05, 4.69) is 26.1 Å². The Balaban J connectivity index is 1.61. The van der Waals surface area contributed by atoms with Gasteiger partial charge in [0.15, 0.2) is 0 Å². The molecule has 0 radical (unpaired) electrons. The molecule has 1 atom stereocenters. The Morgan fingerprint density at radius 2 is 2.20 bits per heavy atom. The van der Waals surface area contributed by atoms with Crippen LogP contribution in [0.3, 0.4) is 0 Å². The van der Waals surface area contributed by atoms with Crippen molar-refractivity contribution in [2.45, 2.75) is 12.5 Å². The molecule has 3 rings (SSSR count). The van der Waals surface area contributed by atoms with Gasteiger partial charge in [-0.1, -0.05) is 12.0 Å². The molecule has 0 aromatic carbocycles. The first-order valence-corrected chi connectivity index (χ1v) is 6.70. The van der Waals surface area contributed by atoms with Crippen molar-refractivity contribution < 1.29 is 0 Å². The smallest absolute Gasteiger partial charge is 0.128 e. The van der Waals surface area contributed by atoms with E-state index in [1.165, 1.54) is 0 Å². The van der Waals surface area contributed by atoms with Crippen LogP contribution in [-0.2, 0) is 0 Å². The summed E-state index contributed by atoms with van der Waals surface area (Å²) in [6, 6.07) is 10.2. The van der Waals surface area contributed by atoms with Crippen molar-refractivity contribution in [3.63, 3.8) is 0 Å². The van der Waals surface area contributed by atoms with Gasteiger partial charge in [-0.05, 0) is 30.7 Å². The number of hydrogen-bond acceptors (Lipinski definition) is 4. The Labute approximate surface area is 118 Å². The number of nitrogens with zero attached hydrogens (tertiary/aromatic N) is 3. The van der Waals surface area contributed by atoms with Crippen LogP contribution in [0.5, 0.6) is 0 Å². The predicted molar refractivity (Wildman–Crippen MR) is 80.6 cm³/mol. The molecule has 0 bridgehead atoms. The highest BCUT2D eigenvalue weighted by atomic mass is 15.2. The SMILES string of the molecule is C#Cc1ccc(NC2CCN(c3ccccn3)C2)nc1. The van der Waals surface area contributed by atoms with Gasteiger partial charge in [0.05, 0.1) is 0 Å². The molecule has 1 saturated heterocycles. The Morgan fingerprint density at radius 3 is 2.90 bits per heavy atom. The summed E-state index contributed by atoms with van der Waals surface area (Å²) in [7, 11) is 0. The van der Waals surface area contributed by atoms with Crippen molar-refractivity contribution in [3.05, 3.63) is 48.3 Å². The molecule has 3 heterocycles. The van der Waals surface area contributed by atoms with Crippen LogP contribution in [0.4, 0.5) is 11.6 Å². The summed E-state index contributed by atoms with van der Waals surface area (Å²) in [6.07, 6.45) is 9.95. The Kier molecular flexibility index (Phi) is 3.51. The number of aromatic nitrogens is 2. The highest BCUT2D eigenvalue weighted by Gasteiger charge is 2.23. The first-order chi connectivity index (χ1) is 9.85. The summed E-state index contributed by atoms with van der Waals surface area (Å²) in [4.78, 5) is 11.0. The zero-order valence-electron chi connectivity index (χ0n) is 11.2. The van der Waals surface area contributed by atoms with Crippen molar-refractivity contribution in [2.75, 3.05) is 23.3 Å². The minimum Gasteiger partial charge on any atom is -0.365 e. The van der Waals surface area contributed by atoms with Crippen LogP contribution in [0.15, 0.2) is 42.7 Å². The average molecular weight is 264 g/mol. The van der Waals surface area contributed by atoms with Gasteiger partial charge < -0.3 is 10.2 Å². The minimum atomic E-state index is 0.390. The van der Waals surface area contributed by atoms with Gasteiger partial charge in [0.1, 0.15) is 11.6 Å². The maximum atomic E-state index is 5.32. The summed E-state index contributed by atoms with van der Waals surface area (Å²) < 4.78 is 0. The van der Waals surface area contributed by atoms with Gasteiger partial charge in [-0.25, -0.2) is 9.97 Å². The van der Waals surface area contributed by atoms with Crippen molar-refractivity contribution in [3.8, 4) is 12.3 Å². The molecule has 20 heavy (non-hydrogen) atoms. The van der Waals surface area contributed by atoms with Crippen molar-refractivity contribution in [1.82, 2.24) is 9.97 Å². The fourth-order valence-electron chi connectivity index (χ4n) is 2.40. The fraction of sp³-hybridized carbons (Fsp3) is 0.250. The van der Waals surface area contributed by atoms with E-state index in [0.29, 0.717) is 6.04 Å². The summed E-state index contributed by atoms with van der Waals surface area (Å²) in [5, 5.41) is 3.44. The molecular formula is C16H16N4. The second-order valence-corrected chi connectivity index (χ2v) is 4.84. The van der Waals surface area contributed by atoms with E-state index in [-0.39, 0.29) is 0 Å². The molecule has 1 fully saturated rings. The Bertz CT molecular complexity index is 601. The van der Waals surface area contributed by atoms with Gasteiger partial charge in [-0.3, -0.25) is 0 Å². The number of anilines is 2. The number of terminal acetylenes is 1. The Morgan fingerprint density at radius 1 is 1.25 bits per heavy atom. The lowest BCUT2D eigenvalue weighted by Crippen LogP contribution is -2.26. The molecular weight excluding hydrogens is 248 g/mol. The van der Waals surface area contributed by atoms with Gasteiger partial charge in [0.25, 0.3) is 0 Å². The second-order valence-electron chi connectivity index (χ2n) is 4.84. The van der Waals surface area contributed by atoms with E-state index >= 15 is 0 Å². The van der Waals surface area contributed by atoms with Crippen molar-refractivity contribution in [1.29, 1.82) is 0 Å². The van der Waals surface area contributed by atoms with E-state index in [4.69, 9.17) is 6.42 Å². The van der Waals surface area contributed by atoms with E-state index in [0.717, 1.165) is 36.7 Å². The van der Waals surface area contributed by atoms with Crippen LogP contribution in [0.2, 0.25) is 0 Å². The van der Waals surface area contributed by atoms with Crippen molar-refractivity contribution >= 4 is 11.6 Å². The topological polar surface area (TPSA) is 41.0 Å². The van der Waals surface area contributed by atoms with Crippen LogP contribution in [0, 0.1) is 12.3 Å². The van der Waals surface area contributed by atoms with E-state index in [9.17, 15) is 0 Å². The number of pyridine rings is 2. The molecule has 4 heteroatoms. The fourth-order valence-corrected chi connectivity index (χ4v) is 2.40. The van der Waals surface area contributed by atoms with Gasteiger partial charge in [0.2, 0.25) is 0 Å². The molecule has 2 aromatic heterocycles. The molecule has 0 aliphatic carbocycles. The largest absolute Gasteiger partial charge is 0.365 e. The molecule has 1 N–H and O–H groups in total. The molecule has 1 aliphatic heterocycles. The summed E-state index contributed by atoms with van der Waals surface area (Å²) >= 11 is 0. The van der Waals surface area contributed by atoms with Crippen LogP contribution in [0.1, 0.15) is 12.0 Å². The lowest BCUT2D eigenvalue weighted by Gasteiger charge is -2.18. The first kappa shape index (κ1) is 12.5. The third kappa shape index (κ3) is 2.72. The molecule has 1 aliphatic rings. The van der Waals surface area contributed by atoms with E-state index < -0.39 is 0 Å². The van der Waals surface area contributed by atoms with Crippen LogP contribution in [-0.4, -0.2) is 29.1 Å². The minimum absolute atomic E-state index is 0.390. The quantitative estimate of drug-likeness (QED) is 0.862. The molecule has 0 amide bonds.